The van der Waals surface area contributed by atoms with Gasteiger partial charge in [-0.05, 0) is 37.1 Å². The molecule has 0 saturated carbocycles. The summed E-state index contributed by atoms with van der Waals surface area (Å²) in [6, 6.07) is 11.0. The second-order valence-corrected chi connectivity index (χ2v) is 5.54. The summed E-state index contributed by atoms with van der Waals surface area (Å²) in [6.07, 6.45) is 5.28. The first-order valence-corrected chi connectivity index (χ1v) is 7.53. The van der Waals surface area contributed by atoms with Crippen molar-refractivity contribution in [3.8, 4) is 0 Å². The molecule has 0 fully saturated rings. The zero-order valence-corrected chi connectivity index (χ0v) is 12.7. The number of nitrogens with two attached hydrogens (primary N) is 1. The molecule has 2 heterocycles. The summed E-state index contributed by atoms with van der Waals surface area (Å²) < 4.78 is 4.28. The van der Waals surface area contributed by atoms with Crippen LogP contribution in [-0.2, 0) is 13.1 Å². The van der Waals surface area contributed by atoms with Crippen LogP contribution in [0.4, 0.5) is 0 Å². The Morgan fingerprint density at radius 3 is 2.81 bits per heavy atom. The largest absolute Gasteiger partial charge is 0.341 e. The molecule has 2 aromatic heterocycles. The van der Waals surface area contributed by atoms with Crippen LogP contribution in [-0.4, -0.2) is 14.3 Å². The van der Waals surface area contributed by atoms with Gasteiger partial charge in [0.2, 0.25) is 0 Å². The molecule has 1 aromatic carbocycles. The van der Waals surface area contributed by atoms with E-state index in [1.165, 1.54) is 16.5 Å². The lowest BCUT2D eigenvalue weighted by Crippen LogP contribution is -2.06. The Kier molecular flexibility index (Phi) is 3.80. The van der Waals surface area contributed by atoms with Crippen LogP contribution in [0.15, 0.2) is 42.7 Å². The van der Waals surface area contributed by atoms with E-state index in [1.54, 1.807) is 0 Å². The molecule has 1 unspecified atom stereocenters. The van der Waals surface area contributed by atoms with Gasteiger partial charge in [0.05, 0.1) is 12.2 Å². The van der Waals surface area contributed by atoms with Gasteiger partial charge < -0.3 is 10.3 Å². The lowest BCUT2D eigenvalue weighted by molar-refractivity contribution is 0.472. The van der Waals surface area contributed by atoms with E-state index in [0.717, 1.165) is 18.7 Å². The Labute approximate surface area is 125 Å². The highest BCUT2D eigenvalue weighted by molar-refractivity contribution is 5.83. The van der Waals surface area contributed by atoms with Gasteiger partial charge in [0.1, 0.15) is 0 Å². The highest BCUT2D eigenvalue weighted by atomic mass is 15.3. The van der Waals surface area contributed by atoms with Crippen LogP contribution in [0.3, 0.4) is 0 Å². The van der Waals surface area contributed by atoms with Crippen LogP contribution in [0.5, 0.6) is 0 Å². The fourth-order valence-corrected chi connectivity index (χ4v) is 2.67. The van der Waals surface area contributed by atoms with Gasteiger partial charge in [0.15, 0.2) is 0 Å². The fraction of sp³-hybridized carbons (Fsp3) is 0.353. The number of aromatic nitrogens is 3. The van der Waals surface area contributed by atoms with Crippen LogP contribution in [0.1, 0.15) is 37.6 Å². The van der Waals surface area contributed by atoms with E-state index in [4.69, 9.17) is 5.73 Å². The van der Waals surface area contributed by atoms with E-state index in [2.05, 4.69) is 66.2 Å². The standard InChI is InChI=1S/C17H22N4/c1-3-13(2)21-10-7-15(19-21)12-20-9-8-16-14(11-18)5-4-6-17(16)20/h4-10,13H,3,11-12,18H2,1-2H3. The molecular weight excluding hydrogens is 260 g/mol. The predicted octanol–water partition coefficient (Wildman–Crippen LogP) is 3.32. The maximum absolute atomic E-state index is 5.80. The van der Waals surface area contributed by atoms with Crippen molar-refractivity contribution in [1.82, 2.24) is 14.3 Å². The normalized spacial score (nSPS) is 12.9. The third kappa shape index (κ3) is 2.59. The number of hydrogen-bond acceptors (Lipinski definition) is 2. The average Bonchev–Trinajstić information content (AvgIpc) is 3.14. The summed E-state index contributed by atoms with van der Waals surface area (Å²) in [5.41, 5.74) is 9.30. The molecule has 1 atom stereocenters. The van der Waals surface area contributed by atoms with E-state index in [9.17, 15) is 0 Å². The van der Waals surface area contributed by atoms with Crippen molar-refractivity contribution in [2.45, 2.75) is 39.4 Å². The van der Waals surface area contributed by atoms with Crippen LogP contribution in [0.25, 0.3) is 10.9 Å². The zero-order chi connectivity index (χ0) is 14.8. The molecule has 4 heteroatoms. The maximum atomic E-state index is 5.80. The molecule has 3 aromatic rings. The molecule has 0 aliphatic heterocycles. The van der Waals surface area contributed by atoms with Crippen molar-refractivity contribution in [1.29, 1.82) is 0 Å². The number of hydrogen-bond donors (Lipinski definition) is 1. The minimum absolute atomic E-state index is 0.448. The van der Waals surface area contributed by atoms with Gasteiger partial charge in [-0.15, -0.1) is 0 Å². The van der Waals surface area contributed by atoms with Crippen molar-refractivity contribution < 1.29 is 0 Å². The second-order valence-electron chi connectivity index (χ2n) is 5.54. The number of benzene rings is 1. The van der Waals surface area contributed by atoms with Crippen molar-refractivity contribution in [3.05, 3.63) is 54.0 Å². The number of rotatable bonds is 5. The first-order valence-electron chi connectivity index (χ1n) is 7.53. The maximum Gasteiger partial charge on any atom is 0.0821 e. The van der Waals surface area contributed by atoms with Gasteiger partial charge in [0.25, 0.3) is 0 Å². The third-order valence-corrected chi connectivity index (χ3v) is 4.16. The molecule has 0 spiro atoms. The smallest absolute Gasteiger partial charge is 0.0821 e. The Morgan fingerprint density at radius 1 is 1.19 bits per heavy atom. The van der Waals surface area contributed by atoms with Crippen molar-refractivity contribution >= 4 is 10.9 Å². The minimum Gasteiger partial charge on any atom is -0.341 e. The minimum atomic E-state index is 0.448. The Balaban J connectivity index is 1.90. The van der Waals surface area contributed by atoms with E-state index >= 15 is 0 Å². The van der Waals surface area contributed by atoms with E-state index in [0.29, 0.717) is 12.6 Å². The highest BCUT2D eigenvalue weighted by Crippen LogP contribution is 2.21. The summed E-state index contributed by atoms with van der Waals surface area (Å²) in [7, 11) is 0. The summed E-state index contributed by atoms with van der Waals surface area (Å²) in [4.78, 5) is 0. The SMILES string of the molecule is CCC(C)n1ccc(Cn2ccc3c(CN)cccc32)n1. The van der Waals surface area contributed by atoms with E-state index in [1.807, 2.05) is 4.68 Å². The molecule has 4 nitrogen and oxygen atoms in total. The number of nitrogens with zero attached hydrogens (tertiary/aromatic N) is 3. The Bertz CT molecular complexity index is 738. The van der Waals surface area contributed by atoms with Gasteiger partial charge in [-0.2, -0.15) is 5.10 Å². The van der Waals surface area contributed by atoms with Crippen LogP contribution in [0, 0.1) is 0 Å². The molecule has 3 rings (SSSR count). The molecule has 0 aliphatic carbocycles. The van der Waals surface area contributed by atoms with Crippen LogP contribution < -0.4 is 5.73 Å². The third-order valence-electron chi connectivity index (χ3n) is 4.16. The summed E-state index contributed by atoms with van der Waals surface area (Å²) in [5.74, 6) is 0. The first-order chi connectivity index (χ1) is 10.2. The summed E-state index contributed by atoms with van der Waals surface area (Å²) in [6.45, 7) is 5.74. The quantitative estimate of drug-likeness (QED) is 0.780. The summed E-state index contributed by atoms with van der Waals surface area (Å²) >= 11 is 0. The lowest BCUT2D eigenvalue weighted by Gasteiger charge is -2.08. The predicted molar refractivity (Wildman–Crippen MR) is 86.2 cm³/mol. The van der Waals surface area contributed by atoms with Crippen LogP contribution in [0.2, 0.25) is 0 Å². The topological polar surface area (TPSA) is 48.8 Å². The monoisotopic (exact) mass is 282 g/mol. The van der Waals surface area contributed by atoms with Gasteiger partial charge in [-0.3, -0.25) is 4.68 Å². The Hall–Kier alpha value is -2.07. The second kappa shape index (κ2) is 5.74. The van der Waals surface area contributed by atoms with Crippen LogP contribution >= 0.6 is 0 Å². The van der Waals surface area contributed by atoms with Gasteiger partial charge in [0, 0.05) is 35.9 Å². The molecule has 0 bridgehead atoms. The summed E-state index contributed by atoms with van der Waals surface area (Å²) in [5, 5.41) is 5.91. The highest BCUT2D eigenvalue weighted by Gasteiger charge is 2.08. The average molecular weight is 282 g/mol. The zero-order valence-electron chi connectivity index (χ0n) is 12.7. The molecule has 0 amide bonds. The van der Waals surface area contributed by atoms with Crippen molar-refractivity contribution in [3.63, 3.8) is 0 Å². The molecule has 2 N–H and O–H groups in total. The van der Waals surface area contributed by atoms with Gasteiger partial charge in [-0.1, -0.05) is 19.1 Å². The van der Waals surface area contributed by atoms with Gasteiger partial charge >= 0.3 is 0 Å². The lowest BCUT2D eigenvalue weighted by atomic mass is 10.1. The molecule has 0 saturated heterocycles. The van der Waals surface area contributed by atoms with Gasteiger partial charge in [-0.25, -0.2) is 0 Å². The molecule has 21 heavy (non-hydrogen) atoms. The van der Waals surface area contributed by atoms with Crippen molar-refractivity contribution in [2.75, 3.05) is 0 Å². The Morgan fingerprint density at radius 2 is 2.05 bits per heavy atom. The molecular formula is C17H22N4. The molecule has 110 valence electrons. The fourth-order valence-electron chi connectivity index (χ4n) is 2.67. The number of fused-ring (bicyclic) bond motifs is 1. The molecule has 0 radical (unpaired) electrons. The first kappa shape index (κ1) is 13.9. The molecule has 0 aliphatic rings. The van der Waals surface area contributed by atoms with Crippen molar-refractivity contribution in [2.24, 2.45) is 5.73 Å². The van der Waals surface area contributed by atoms with E-state index in [-0.39, 0.29) is 0 Å². The van der Waals surface area contributed by atoms with E-state index < -0.39 is 0 Å².